The van der Waals surface area contributed by atoms with Gasteiger partial charge in [-0.3, -0.25) is 0 Å². The lowest BCUT2D eigenvalue weighted by atomic mass is 9.66. The van der Waals surface area contributed by atoms with Crippen LogP contribution in [0.3, 0.4) is 0 Å². The summed E-state index contributed by atoms with van der Waals surface area (Å²) < 4.78 is 13.4. The molecule has 5 nitrogen and oxygen atoms in total. The number of amidine groups is 2. The maximum atomic E-state index is 6.76. The number of hydrogen-bond acceptors (Lipinski definition) is 5. The summed E-state index contributed by atoms with van der Waals surface area (Å²) in [5.74, 6) is 4.05. The average Bonchev–Trinajstić information content (AvgIpc) is 3.79. The monoisotopic (exact) mass is 633 g/mol. The molecule has 3 aliphatic heterocycles. The van der Waals surface area contributed by atoms with Gasteiger partial charge in [0, 0.05) is 28.7 Å². The van der Waals surface area contributed by atoms with Gasteiger partial charge in [0.25, 0.3) is 0 Å². The second-order valence-corrected chi connectivity index (χ2v) is 12.8. The first-order valence-corrected chi connectivity index (χ1v) is 16.8. The van der Waals surface area contributed by atoms with Crippen LogP contribution in [-0.4, -0.2) is 17.8 Å². The molecule has 1 aliphatic carbocycles. The Kier molecular flexibility index (Phi) is 6.21. The number of nitrogens with zero attached hydrogens (tertiary/aromatic N) is 2. The molecule has 10 rings (SSSR count). The predicted octanol–water partition coefficient (Wildman–Crippen LogP) is 9.43. The first kappa shape index (κ1) is 27.9. The van der Waals surface area contributed by atoms with E-state index in [1.54, 1.807) is 0 Å². The zero-order chi connectivity index (χ0) is 32.4. The summed E-state index contributed by atoms with van der Waals surface area (Å²) in [6.07, 6.45) is 2.28. The van der Waals surface area contributed by atoms with E-state index in [0.717, 1.165) is 50.9 Å². The standard InChI is InChI=1S/C44H31N3O2/c1-3-13-28(14-4-1)41-45-42(29-15-5-2-6-16-29)47-43(46-41)40-26-25-37(48-40)30-23-24-39-36(27-30)44(35-21-11-12-22-38(35)49-39)33-19-9-7-17-31(33)32-18-8-10-20-34(32)44/h1-25,27,40-41H,26H2,(H,45,46,47). The van der Waals surface area contributed by atoms with Crippen molar-refractivity contribution in [1.82, 2.24) is 5.32 Å². The van der Waals surface area contributed by atoms with E-state index >= 15 is 0 Å². The van der Waals surface area contributed by atoms with Gasteiger partial charge in [-0.05, 0) is 58.2 Å². The van der Waals surface area contributed by atoms with E-state index < -0.39 is 5.41 Å². The van der Waals surface area contributed by atoms with Crippen molar-refractivity contribution in [1.29, 1.82) is 0 Å². The van der Waals surface area contributed by atoms with Gasteiger partial charge in [-0.2, -0.15) is 0 Å². The molecule has 0 radical (unpaired) electrons. The number of benzene rings is 6. The van der Waals surface area contributed by atoms with Gasteiger partial charge in [-0.15, -0.1) is 0 Å². The number of hydrogen-bond donors (Lipinski definition) is 1. The molecule has 4 aliphatic rings. The number of para-hydroxylation sites is 1. The first-order valence-electron chi connectivity index (χ1n) is 16.8. The van der Waals surface area contributed by atoms with Crippen LogP contribution in [0.2, 0.25) is 0 Å². The normalized spacial score (nSPS) is 19.1. The van der Waals surface area contributed by atoms with E-state index in [0.29, 0.717) is 12.3 Å². The second-order valence-electron chi connectivity index (χ2n) is 12.8. The van der Waals surface area contributed by atoms with Gasteiger partial charge in [0.15, 0.2) is 11.9 Å². The molecule has 6 aromatic carbocycles. The van der Waals surface area contributed by atoms with Crippen LogP contribution in [0.15, 0.2) is 168 Å². The number of fused-ring (bicyclic) bond motifs is 9. The Morgan fingerprint density at radius 3 is 1.98 bits per heavy atom. The van der Waals surface area contributed by atoms with Crippen molar-refractivity contribution in [3.8, 4) is 22.6 Å². The van der Waals surface area contributed by atoms with E-state index in [9.17, 15) is 0 Å². The third-order valence-electron chi connectivity index (χ3n) is 10.1. The molecule has 1 N–H and O–H groups in total. The minimum atomic E-state index is -0.525. The second kappa shape index (κ2) is 10.9. The minimum absolute atomic E-state index is 0.264. The molecule has 2 unspecified atom stereocenters. The molecule has 6 aromatic rings. The van der Waals surface area contributed by atoms with Crippen LogP contribution in [0.5, 0.6) is 11.5 Å². The fourth-order valence-electron chi connectivity index (χ4n) is 7.98. The lowest BCUT2D eigenvalue weighted by molar-refractivity contribution is 0.251. The largest absolute Gasteiger partial charge is 0.482 e. The van der Waals surface area contributed by atoms with Gasteiger partial charge < -0.3 is 14.8 Å². The number of nitrogens with one attached hydrogen (secondary N) is 1. The average molecular weight is 634 g/mol. The summed E-state index contributed by atoms with van der Waals surface area (Å²) in [4.78, 5) is 10.1. The van der Waals surface area contributed by atoms with Gasteiger partial charge >= 0.3 is 0 Å². The maximum absolute atomic E-state index is 6.76. The molecule has 1 spiro atoms. The summed E-state index contributed by atoms with van der Waals surface area (Å²) in [7, 11) is 0. The van der Waals surface area contributed by atoms with Crippen LogP contribution in [0, 0.1) is 0 Å². The molecular formula is C44H31N3O2. The van der Waals surface area contributed by atoms with E-state index in [1.165, 1.54) is 22.3 Å². The van der Waals surface area contributed by atoms with E-state index in [2.05, 4.69) is 121 Å². The molecule has 0 fully saturated rings. The van der Waals surface area contributed by atoms with Crippen LogP contribution in [0.4, 0.5) is 0 Å². The fourth-order valence-corrected chi connectivity index (χ4v) is 7.98. The molecule has 2 atom stereocenters. The van der Waals surface area contributed by atoms with Crippen molar-refractivity contribution < 1.29 is 9.47 Å². The highest BCUT2D eigenvalue weighted by atomic mass is 16.5. The topological polar surface area (TPSA) is 55.2 Å². The third kappa shape index (κ3) is 4.25. The molecule has 0 saturated carbocycles. The molecule has 0 saturated heterocycles. The number of ether oxygens (including phenoxy) is 2. The molecule has 0 amide bonds. The van der Waals surface area contributed by atoms with Gasteiger partial charge in [-0.1, -0.05) is 127 Å². The number of rotatable bonds is 4. The van der Waals surface area contributed by atoms with Crippen molar-refractivity contribution >= 4 is 17.4 Å². The molecule has 234 valence electrons. The first-order chi connectivity index (χ1) is 24.3. The van der Waals surface area contributed by atoms with E-state index in [4.69, 9.17) is 19.5 Å². The van der Waals surface area contributed by atoms with Gasteiger partial charge in [0.05, 0.1) is 5.41 Å². The van der Waals surface area contributed by atoms with Crippen molar-refractivity contribution in [2.24, 2.45) is 9.98 Å². The predicted molar refractivity (Wildman–Crippen MR) is 194 cm³/mol. The molecular weight excluding hydrogens is 603 g/mol. The van der Waals surface area contributed by atoms with Gasteiger partial charge in [0.1, 0.15) is 29.3 Å². The summed E-state index contributed by atoms with van der Waals surface area (Å²) in [6.45, 7) is 0. The smallest absolute Gasteiger partial charge is 0.169 e. The third-order valence-corrected chi connectivity index (χ3v) is 10.1. The Hall–Kier alpha value is -6.20. The minimum Gasteiger partial charge on any atom is -0.482 e. The van der Waals surface area contributed by atoms with Crippen molar-refractivity contribution in [3.63, 3.8) is 0 Å². The Labute approximate surface area is 284 Å². The van der Waals surface area contributed by atoms with Crippen LogP contribution < -0.4 is 10.1 Å². The lowest BCUT2D eigenvalue weighted by Crippen LogP contribution is -2.36. The zero-order valence-corrected chi connectivity index (χ0v) is 26.6. The zero-order valence-electron chi connectivity index (χ0n) is 26.6. The van der Waals surface area contributed by atoms with E-state index in [1.807, 2.05) is 42.5 Å². The summed E-state index contributed by atoms with van der Waals surface area (Å²) in [6, 6.07) is 53.0. The SMILES string of the molecule is C1=C(c2ccc3c(c2)C2(c4ccccc4O3)c3ccccc3-c3ccccc32)OC(C2=NC(c3ccccc3)NC(c3ccccc3)=N2)C1. The fraction of sp³-hybridized carbons (Fsp3) is 0.0909. The van der Waals surface area contributed by atoms with Crippen LogP contribution in [-0.2, 0) is 10.2 Å². The molecule has 3 heterocycles. The van der Waals surface area contributed by atoms with Crippen molar-refractivity contribution in [2.75, 3.05) is 0 Å². The Morgan fingerprint density at radius 2 is 1.22 bits per heavy atom. The van der Waals surface area contributed by atoms with E-state index in [-0.39, 0.29) is 12.3 Å². The van der Waals surface area contributed by atoms with Gasteiger partial charge in [0.2, 0.25) is 0 Å². The summed E-state index contributed by atoms with van der Waals surface area (Å²) in [5, 5.41) is 3.54. The highest BCUT2D eigenvalue weighted by Gasteiger charge is 2.51. The Morgan fingerprint density at radius 1 is 0.592 bits per heavy atom. The molecule has 49 heavy (non-hydrogen) atoms. The maximum Gasteiger partial charge on any atom is 0.169 e. The van der Waals surface area contributed by atoms with Crippen molar-refractivity contribution in [3.05, 3.63) is 197 Å². The Bertz CT molecular complexity index is 2310. The van der Waals surface area contributed by atoms with Crippen molar-refractivity contribution in [2.45, 2.75) is 24.1 Å². The lowest BCUT2D eigenvalue weighted by Gasteiger charge is -2.39. The highest BCUT2D eigenvalue weighted by Crippen LogP contribution is 2.62. The van der Waals surface area contributed by atoms with Crippen LogP contribution >= 0.6 is 0 Å². The number of aliphatic imine (C=N–C) groups is 2. The molecule has 5 heteroatoms. The summed E-state index contributed by atoms with van der Waals surface area (Å²) >= 11 is 0. The van der Waals surface area contributed by atoms with Crippen LogP contribution in [0.25, 0.3) is 16.9 Å². The molecule has 0 aromatic heterocycles. The van der Waals surface area contributed by atoms with Gasteiger partial charge in [-0.25, -0.2) is 9.98 Å². The molecule has 0 bridgehead atoms. The highest BCUT2D eigenvalue weighted by molar-refractivity contribution is 6.09. The Balaban J connectivity index is 1.06. The quantitative estimate of drug-likeness (QED) is 0.210. The summed E-state index contributed by atoms with van der Waals surface area (Å²) in [5.41, 5.74) is 9.88. The van der Waals surface area contributed by atoms with Crippen LogP contribution in [0.1, 0.15) is 51.5 Å².